The molecule has 1 aromatic heterocycles. The van der Waals surface area contributed by atoms with E-state index >= 15 is 0 Å². The minimum atomic E-state index is -1.19. The van der Waals surface area contributed by atoms with Crippen LogP contribution < -0.4 is 11.4 Å². The number of hydrogen-bond acceptors (Lipinski definition) is 10. The molecule has 0 unspecified atom stereocenters. The highest BCUT2D eigenvalue weighted by Crippen LogP contribution is 2.34. The summed E-state index contributed by atoms with van der Waals surface area (Å²) in [6, 6.07) is 0. The van der Waals surface area contributed by atoms with E-state index in [4.69, 9.17) is 24.7 Å². The van der Waals surface area contributed by atoms with Gasteiger partial charge in [-0.15, -0.1) is 6.58 Å². The molecule has 0 radical (unpaired) electrons. The highest BCUT2D eigenvalue weighted by atomic mass is 16.7. The molecule has 2 heterocycles. The van der Waals surface area contributed by atoms with E-state index in [-0.39, 0.29) is 12.4 Å². The normalized spacial score (nSPS) is 23.3. The van der Waals surface area contributed by atoms with Crippen LogP contribution in [0.2, 0.25) is 0 Å². The minimum absolute atomic E-state index is 0.0289. The van der Waals surface area contributed by atoms with Crippen molar-refractivity contribution < 1.29 is 33.3 Å². The van der Waals surface area contributed by atoms with Crippen LogP contribution in [-0.2, 0) is 39.8 Å². The monoisotopic (exact) mass is 409 g/mol. The average molecular weight is 409 g/mol. The summed E-state index contributed by atoms with van der Waals surface area (Å²) < 4.78 is 22.4. The van der Waals surface area contributed by atoms with Crippen molar-refractivity contribution in [1.29, 1.82) is 0 Å². The molecule has 1 aliphatic rings. The molecule has 11 nitrogen and oxygen atoms in total. The van der Waals surface area contributed by atoms with Gasteiger partial charge in [-0.2, -0.15) is 4.98 Å². The summed E-state index contributed by atoms with van der Waals surface area (Å²) in [4.78, 5) is 50.6. The molecule has 0 spiro atoms. The summed E-state index contributed by atoms with van der Waals surface area (Å²) >= 11 is 0. The molecule has 0 amide bonds. The topological polar surface area (TPSA) is 149 Å². The van der Waals surface area contributed by atoms with E-state index in [0.717, 1.165) is 11.5 Å². The number of anilines is 1. The molecule has 0 saturated carbocycles. The number of esters is 3. The Hall–Kier alpha value is -3.21. The number of rotatable bonds is 7. The van der Waals surface area contributed by atoms with Crippen molar-refractivity contribution in [2.24, 2.45) is 0 Å². The zero-order valence-electron chi connectivity index (χ0n) is 16.3. The van der Waals surface area contributed by atoms with Gasteiger partial charge in [0.15, 0.2) is 18.4 Å². The maximum atomic E-state index is 12.4. The van der Waals surface area contributed by atoms with Crippen LogP contribution in [0.25, 0.3) is 0 Å². The van der Waals surface area contributed by atoms with Gasteiger partial charge in [-0.1, -0.05) is 6.08 Å². The van der Waals surface area contributed by atoms with Crippen LogP contribution in [0.5, 0.6) is 0 Å². The van der Waals surface area contributed by atoms with Gasteiger partial charge in [-0.25, -0.2) is 4.79 Å². The number of allylic oxidation sites excluding steroid dienone is 1. The lowest BCUT2D eigenvalue weighted by Gasteiger charge is -2.24. The van der Waals surface area contributed by atoms with Gasteiger partial charge in [0.25, 0.3) is 0 Å². The zero-order valence-corrected chi connectivity index (χ0v) is 16.3. The van der Waals surface area contributed by atoms with Crippen LogP contribution >= 0.6 is 0 Å². The van der Waals surface area contributed by atoms with Crippen LogP contribution in [0.1, 0.15) is 32.6 Å². The number of nitrogens with zero attached hydrogens (tertiary/aromatic N) is 2. The second-order valence-electron chi connectivity index (χ2n) is 6.35. The zero-order chi connectivity index (χ0) is 21.7. The second kappa shape index (κ2) is 9.32. The predicted octanol–water partition coefficient (Wildman–Crippen LogP) is -0.122. The fourth-order valence-corrected chi connectivity index (χ4v) is 2.93. The molecule has 1 saturated heterocycles. The first-order valence-corrected chi connectivity index (χ1v) is 8.75. The molecule has 29 heavy (non-hydrogen) atoms. The molecule has 1 aromatic rings. The van der Waals surface area contributed by atoms with E-state index in [0.29, 0.717) is 12.0 Å². The number of nitrogen functional groups attached to an aromatic ring is 1. The van der Waals surface area contributed by atoms with Gasteiger partial charge in [0, 0.05) is 32.5 Å². The predicted molar refractivity (Wildman–Crippen MR) is 98.5 cm³/mol. The van der Waals surface area contributed by atoms with Crippen molar-refractivity contribution in [2.45, 2.75) is 51.7 Å². The van der Waals surface area contributed by atoms with Crippen molar-refractivity contribution in [3.05, 3.63) is 34.9 Å². The highest BCUT2D eigenvalue weighted by molar-refractivity contribution is 5.68. The first-order chi connectivity index (χ1) is 13.6. The quantitative estimate of drug-likeness (QED) is 0.367. The van der Waals surface area contributed by atoms with E-state index in [1.807, 2.05) is 0 Å². The molecule has 0 bridgehead atoms. The third-order valence-corrected chi connectivity index (χ3v) is 4.04. The third-order valence-electron chi connectivity index (χ3n) is 4.04. The first kappa shape index (κ1) is 22.1. The fraction of sp³-hybridized carbons (Fsp3) is 0.500. The molecule has 0 aliphatic carbocycles. The van der Waals surface area contributed by atoms with Crippen LogP contribution in [0.4, 0.5) is 5.82 Å². The van der Waals surface area contributed by atoms with Gasteiger partial charge in [0.2, 0.25) is 0 Å². The van der Waals surface area contributed by atoms with Gasteiger partial charge in [0.05, 0.1) is 0 Å². The summed E-state index contributed by atoms with van der Waals surface area (Å²) in [7, 11) is 0. The van der Waals surface area contributed by atoms with E-state index in [1.165, 1.54) is 20.0 Å². The Labute approximate surface area is 166 Å². The number of carbonyl (C=O) groups excluding carboxylic acids is 3. The minimum Gasteiger partial charge on any atom is -0.463 e. The summed E-state index contributed by atoms with van der Waals surface area (Å²) in [6.07, 6.45) is -1.16. The number of nitrogens with two attached hydrogens (primary N) is 1. The molecular weight excluding hydrogens is 386 g/mol. The molecule has 4 atom stereocenters. The molecule has 11 heteroatoms. The van der Waals surface area contributed by atoms with Crippen molar-refractivity contribution in [3.8, 4) is 0 Å². The Morgan fingerprint density at radius 2 is 1.83 bits per heavy atom. The fourth-order valence-electron chi connectivity index (χ4n) is 2.93. The second-order valence-corrected chi connectivity index (χ2v) is 6.35. The molecule has 0 aromatic carbocycles. The lowest BCUT2D eigenvalue weighted by molar-refractivity contribution is -0.166. The largest absolute Gasteiger partial charge is 0.463 e. The molecule has 1 aliphatic heterocycles. The van der Waals surface area contributed by atoms with Gasteiger partial charge < -0.3 is 24.7 Å². The lowest BCUT2D eigenvalue weighted by atomic mass is 10.1. The molecular formula is C18H23N3O8. The standard InChI is InChI=1S/C18H23N3O8/c1-5-6-12-7-21(18(25)20-16(12)19)17-15(28-11(4)24)14(27-10(3)23)13(29-17)8-26-9(2)22/h5,7,13-15,17H,1,6,8H2,2-4H3,(H2,19,20,25)/t13-,14+,15-,17-/m1/s1. The van der Waals surface area contributed by atoms with E-state index in [2.05, 4.69) is 11.6 Å². The number of carbonyl (C=O) groups is 3. The number of hydrogen-bond donors (Lipinski definition) is 1. The van der Waals surface area contributed by atoms with Crippen molar-refractivity contribution >= 4 is 23.7 Å². The third kappa shape index (κ3) is 5.41. The number of ether oxygens (including phenoxy) is 4. The molecule has 1 fully saturated rings. The molecule has 158 valence electrons. The first-order valence-electron chi connectivity index (χ1n) is 8.75. The summed E-state index contributed by atoms with van der Waals surface area (Å²) in [5.74, 6) is -1.90. The Morgan fingerprint density at radius 1 is 1.21 bits per heavy atom. The van der Waals surface area contributed by atoms with Gasteiger partial charge in [-0.3, -0.25) is 19.0 Å². The van der Waals surface area contributed by atoms with E-state index in [1.54, 1.807) is 6.08 Å². The van der Waals surface area contributed by atoms with E-state index < -0.39 is 48.1 Å². The SMILES string of the molecule is C=CCc1cn([C@@H]2O[C@H](COC(C)=O)[C@H](OC(C)=O)[C@H]2OC(C)=O)c(=O)nc1N. The van der Waals surface area contributed by atoms with Crippen molar-refractivity contribution in [2.75, 3.05) is 12.3 Å². The summed E-state index contributed by atoms with van der Waals surface area (Å²) in [6.45, 7) is 6.87. The maximum absolute atomic E-state index is 12.4. The summed E-state index contributed by atoms with van der Waals surface area (Å²) in [5.41, 5.74) is 5.51. The molecule has 2 rings (SSSR count). The smallest absolute Gasteiger partial charge is 0.351 e. The Kier molecular flexibility index (Phi) is 7.10. The average Bonchev–Trinajstić information content (AvgIpc) is 2.92. The highest BCUT2D eigenvalue weighted by Gasteiger charge is 2.51. The maximum Gasteiger partial charge on any atom is 0.351 e. The van der Waals surface area contributed by atoms with Crippen molar-refractivity contribution in [1.82, 2.24) is 9.55 Å². The van der Waals surface area contributed by atoms with E-state index in [9.17, 15) is 19.2 Å². The van der Waals surface area contributed by atoms with Gasteiger partial charge in [0.1, 0.15) is 18.5 Å². The van der Waals surface area contributed by atoms with Gasteiger partial charge in [-0.05, 0) is 6.42 Å². The Morgan fingerprint density at radius 3 is 2.38 bits per heavy atom. The van der Waals surface area contributed by atoms with Crippen LogP contribution in [0.15, 0.2) is 23.6 Å². The van der Waals surface area contributed by atoms with Crippen LogP contribution in [-0.4, -0.2) is 52.4 Å². The van der Waals surface area contributed by atoms with Crippen LogP contribution in [0.3, 0.4) is 0 Å². The number of aromatic nitrogens is 2. The van der Waals surface area contributed by atoms with Crippen molar-refractivity contribution in [3.63, 3.8) is 0 Å². The van der Waals surface area contributed by atoms with Crippen LogP contribution in [0, 0.1) is 0 Å². The summed E-state index contributed by atoms with van der Waals surface area (Å²) in [5, 5.41) is 0. The molecule has 2 N–H and O–H groups in total. The Balaban J connectivity index is 2.49. The lowest BCUT2D eigenvalue weighted by Crippen LogP contribution is -2.42. The van der Waals surface area contributed by atoms with Gasteiger partial charge >= 0.3 is 23.6 Å². The Bertz CT molecular complexity index is 865.